The van der Waals surface area contributed by atoms with E-state index < -0.39 is 0 Å². The molecule has 0 aliphatic heterocycles. The van der Waals surface area contributed by atoms with Gasteiger partial charge in [0.2, 0.25) is 0 Å². The van der Waals surface area contributed by atoms with Crippen molar-refractivity contribution in [3.05, 3.63) is 35.9 Å². The van der Waals surface area contributed by atoms with Gasteiger partial charge < -0.3 is 5.11 Å². The summed E-state index contributed by atoms with van der Waals surface area (Å²) in [5.41, 5.74) is 0.882. The third kappa shape index (κ3) is 3.34. The second-order valence-corrected chi connectivity index (χ2v) is 2.87. The fourth-order valence-electron chi connectivity index (χ4n) is 0.827. The van der Waals surface area contributed by atoms with E-state index in [0.29, 0.717) is 0 Å². The summed E-state index contributed by atoms with van der Waals surface area (Å²) < 4.78 is 0. The monoisotopic (exact) mass is 194 g/mol. The van der Waals surface area contributed by atoms with Gasteiger partial charge in [-0.15, -0.1) is 0 Å². The zero-order valence-electron chi connectivity index (χ0n) is 6.97. The molecule has 1 N–H and O–H groups in total. The molecule has 0 saturated heterocycles. The van der Waals surface area contributed by atoms with E-state index >= 15 is 0 Å². The summed E-state index contributed by atoms with van der Waals surface area (Å²) in [5.74, 6) is 0.406. The molecule has 1 aromatic carbocycles. The Morgan fingerprint density at radius 3 is 2.54 bits per heavy atom. The molecule has 68 valence electrons. The number of phenols is 1. The minimum atomic E-state index is -0.0311. The molecule has 0 fully saturated rings. The molecule has 0 amide bonds. The van der Waals surface area contributed by atoms with Crippen molar-refractivity contribution in [2.75, 3.05) is 5.75 Å². The van der Waals surface area contributed by atoms with Gasteiger partial charge >= 0.3 is 0 Å². The lowest BCUT2D eigenvalue weighted by Crippen LogP contribution is -1.91. The fraction of sp³-hybridized carbons (Fsp3) is 0.100. The van der Waals surface area contributed by atoms with Gasteiger partial charge in [0.25, 0.3) is 0 Å². The largest absolute Gasteiger partial charge is 0.508 e. The number of benzene rings is 1. The predicted molar refractivity (Wildman–Crippen MR) is 56.0 cm³/mol. The molecule has 0 unspecified atom stereocenters. The molecule has 0 aliphatic carbocycles. The van der Waals surface area contributed by atoms with Crippen LogP contribution in [0.1, 0.15) is 5.56 Å². The lowest BCUT2D eigenvalue weighted by Gasteiger charge is -1.93. The van der Waals surface area contributed by atoms with E-state index in [0.717, 1.165) is 5.56 Å². The maximum Gasteiger partial charge on any atom is 0.165 e. The molecule has 0 bridgehead atoms. The molecule has 1 rings (SSSR count). The van der Waals surface area contributed by atoms with Crippen molar-refractivity contribution in [3.63, 3.8) is 0 Å². The molecule has 3 heteroatoms. The van der Waals surface area contributed by atoms with Crippen molar-refractivity contribution < 1.29 is 9.90 Å². The van der Waals surface area contributed by atoms with Gasteiger partial charge in [-0.3, -0.25) is 4.79 Å². The van der Waals surface area contributed by atoms with Crippen LogP contribution >= 0.6 is 12.6 Å². The highest BCUT2D eigenvalue weighted by Crippen LogP contribution is 2.10. The topological polar surface area (TPSA) is 37.3 Å². The van der Waals surface area contributed by atoms with Gasteiger partial charge in [0, 0.05) is 0 Å². The number of ketones is 1. The Kier molecular flexibility index (Phi) is 3.58. The minimum absolute atomic E-state index is 0.0311. The summed E-state index contributed by atoms with van der Waals surface area (Å²) in [6.45, 7) is 0. The Bertz CT molecular complexity index is 314. The van der Waals surface area contributed by atoms with Gasteiger partial charge in [-0.2, -0.15) is 12.6 Å². The van der Waals surface area contributed by atoms with Gasteiger partial charge in [0.05, 0.1) is 5.75 Å². The first-order valence-corrected chi connectivity index (χ1v) is 4.46. The normalized spacial score (nSPS) is 10.5. The average Bonchev–Trinajstić information content (AvgIpc) is 2.16. The number of carbonyl (C=O) groups is 1. The van der Waals surface area contributed by atoms with Crippen LogP contribution in [-0.2, 0) is 4.79 Å². The fourth-order valence-corrected chi connectivity index (χ4v) is 0.933. The van der Waals surface area contributed by atoms with Gasteiger partial charge in [-0.25, -0.2) is 0 Å². The first-order valence-electron chi connectivity index (χ1n) is 3.83. The van der Waals surface area contributed by atoms with Crippen LogP contribution in [-0.4, -0.2) is 16.6 Å². The number of carbonyl (C=O) groups excluding carboxylic acids is 1. The van der Waals surface area contributed by atoms with E-state index in [1.807, 2.05) is 0 Å². The van der Waals surface area contributed by atoms with Crippen LogP contribution in [0.4, 0.5) is 0 Å². The highest BCUT2D eigenvalue weighted by atomic mass is 32.1. The number of hydrogen-bond acceptors (Lipinski definition) is 3. The third-order valence-corrected chi connectivity index (χ3v) is 1.82. The van der Waals surface area contributed by atoms with Crippen molar-refractivity contribution >= 4 is 24.5 Å². The number of allylic oxidation sites excluding steroid dienone is 1. The standard InChI is InChI=1S/C10H10O2S/c11-9-4-1-8(2-5-9)3-6-10(12)7-13/h1-6,11,13H,7H2/b6-3+. The van der Waals surface area contributed by atoms with E-state index in [-0.39, 0.29) is 17.3 Å². The van der Waals surface area contributed by atoms with E-state index in [1.54, 1.807) is 30.3 Å². The Morgan fingerprint density at radius 1 is 1.38 bits per heavy atom. The highest BCUT2D eigenvalue weighted by molar-refractivity contribution is 7.81. The Labute approximate surface area is 82.3 Å². The average molecular weight is 194 g/mol. The van der Waals surface area contributed by atoms with E-state index in [9.17, 15) is 4.79 Å². The summed E-state index contributed by atoms with van der Waals surface area (Å²) >= 11 is 3.84. The highest BCUT2D eigenvalue weighted by Gasteiger charge is 1.91. The molecular formula is C10H10O2S. The van der Waals surface area contributed by atoms with Crippen molar-refractivity contribution in [3.8, 4) is 5.75 Å². The van der Waals surface area contributed by atoms with Crippen molar-refractivity contribution in [1.82, 2.24) is 0 Å². The van der Waals surface area contributed by atoms with Crippen molar-refractivity contribution in [1.29, 1.82) is 0 Å². The summed E-state index contributed by atoms with van der Waals surface area (Å²) in [6.07, 6.45) is 3.16. The van der Waals surface area contributed by atoms with E-state index in [2.05, 4.69) is 12.6 Å². The quantitative estimate of drug-likeness (QED) is 0.569. The second-order valence-electron chi connectivity index (χ2n) is 2.55. The molecule has 0 spiro atoms. The first-order chi connectivity index (χ1) is 6.22. The molecule has 0 heterocycles. The van der Waals surface area contributed by atoms with Gasteiger partial charge in [0.15, 0.2) is 5.78 Å². The van der Waals surface area contributed by atoms with Crippen LogP contribution in [0.2, 0.25) is 0 Å². The summed E-state index contributed by atoms with van der Waals surface area (Å²) in [6, 6.07) is 6.62. The lowest BCUT2D eigenvalue weighted by atomic mass is 10.2. The van der Waals surface area contributed by atoms with Crippen LogP contribution in [0.5, 0.6) is 5.75 Å². The number of phenolic OH excluding ortho intramolecular Hbond substituents is 1. The number of aromatic hydroxyl groups is 1. The smallest absolute Gasteiger partial charge is 0.165 e. The zero-order valence-corrected chi connectivity index (χ0v) is 7.87. The molecule has 0 aromatic heterocycles. The lowest BCUT2D eigenvalue weighted by molar-refractivity contribution is -0.112. The summed E-state index contributed by atoms with van der Waals surface area (Å²) in [5, 5.41) is 8.98. The van der Waals surface area contributed by atoms with Crippen LogP contribution in [0.25, 0.3) is 6.08 Å². The van der Waals surface area contributed by atoms with E-state index in [1.165, 1.54) is 6.08 Å². The van der Waals surface area contributed by atoms with Crippen molar-refractivity contribution in [2.45, 2.75) is 0 Å². The molecule has 0 atom stereocenters. The predicted octanol–water partition coefficient (Wildman–Crippen LogP) is 1.90. The van der Waals surface area contributed by atoms with Crippen LogP contribution in [0.3, 0.4) is 0 Å². The molecule has 13 heavy (non-hydrogen) atoms. The van der Waals surface area contributed by atoms with Gasteiger partial charge in [0.1, 0.15) is 5.75 Å². The Hall–Kier alpha value is -1.22. The third-order valence-electron chi connectivity index (χ3n) is 1.51. The molecule has 0 saturated carbocycles. The summed E-state index contributed by atoms with van der Waals surface area (Å²) in [7, 11) is 0. The maximum absolute atomic E-state index is 10.8. The van der Waals surface area contributed by atoms with Crippen LogP contribution in [0.15, 0.2) is 30.3 Å². The van der Waals surface area contributed by atoms with Crippen molar-refractivity contribution in [2.24, 2.45) is 0 Å². The Balaban J connectivity index is 2.69. The summed E-state index contributed by atoms with van der Waals surface area (Å²) in [4.78, 5) is 10.8. The molecule has 1 aromatic rings. The van der Waals surface area contributed by atoms with Gasteiger partial charge in [-0.1, -0.05) is 18.2 Å². The molecule has 2 nitrogen and oxygen atoms in total. The Morgan fingerprint density at radius 2 is 2.00 bits per heavy atom. The number of thiol groups is 1. The van der Waals surface area contributed by atoms with E-state index in [4.69, 9.17) is 5.11 Å². The molecule has 0 radical (unpaired) electrons. The first kappa shape index (κ1) is 9.86. The number of rotatable bonds is 3. The minimum Gasteiger partial charge on any atom is -0.508 e. The van der Waals surface area contributed by atoms with Crippen LogP contribution in [0, 0.1) is 0 Å². The second kappa shape index (κ2) is 4.72. The maximum atomic E-state index is 10.8. The SMILES string of the molecule is O=C(/C=C/c1ccc(O)cc1)CS. The molecule has 0 aliphatic rings. The van der Waals surface area contributed by atoms with Gasteiger partial charge in [-0.05, 0) is 23.8 Å². The molecular weight excluding hydrogens is 184 g/mol. The van der Waals surface area contributed by atoms with Crippen LogP contribution < -0.4 is 0 Å². The number of hydrogen-bond donors (Lipinski definition) is 2. The zero-order chi connectivity index (χ0) is 9.68.